The zero-order valence-electron chi connectivity index (χ0n) is 14.2. The van der Waals surface area contributed by atoms with Crippen molar-refractivity contribution in [3.8, 4) is 5.75 Å². The van der Waals surface area contributed by atoms with E-state index in [-0.39, 0.29) is 0 Å². The first-order chi connectivity index (χ1) is 11.8. The molecule has 0 fully saturated rings. The molecule has 3 aromatic rings. The fourth-order valence-electron chi connectivity index (χ4n) is 2.92. The number of rotatable bonds is 8. The van der Waals surface area contributed by atoms with Gasteiger partial charge in [-0.15, -0.1) is 0 Å². The van der Waals surface area contributed by atoms with E-state index >= 15 is 0 Å². The number of para-hydroxylation sites is 2. The molecular formula is C20H25N3O. The molecule has 0 spiro atoms. The van der Waals surface area contributed by atoms with E-state index < -0.39 is 0 Å². The lowest BCUT2D eigenvalue weighted by Gasteiger charge is -2.10. The predicted molar refractivity (Wildman–Crippen MR) is 99.3 cm³/mol. The van der Waals surface area contributed by atoms with Gasteiger partial charge in [-0.1, -0.05) is 19.1 Å². The van der Waals surface area contributed by atoms with Crippen molar-refractivity contribution in [2.75, 3.05) is 12.3 Å². The first-order valence-electron chi connectivity index (χ1n) is 8.70. The molecule has 4 heteroatoms. The van der Waals surface area contributed by atoms with E-state index in [4.69, 9.17) is 15.5 Å². The highest BCUT2D eigenvalue weighted by molar-refractivity contribution is 5.75. The minimum Gasteiger partial charge on any atom is -0.494 e. The molecule has 2 aromatic carbocycles. The lowest BCUT2D eigenvalue weighted by molar-refractivity contribution is 0.303. The molecule has 4 nitrogen and oxygen atoms in total. The maximum absolute atomic E-state index is 5.77. The fraction of sp³-hybridized carbons (Fsp3) is 0.350. The molecular weight excluding hydrogens is 298 g/mol. The van der Waals surface area contributed by atoms with Crippen LogP contribution in [-0.2, 0) is 13.0 Å². The van der Waals surface area contributed by atoms with Crippen molar-refractivity contribution in [2.45, 2.75) is 39.2 Å². The van der Waals surface area contributed by atoms with Gasteiger partial charge < -0.3 is 15.0 Å². The monoisotopic (exact) mass is 323 g/mol. The van der Waals surface area contributed by atoms with Crippen molar-refractivity contribution in [1.82, 2.24) is 9.55 Å². The summed E-state index contributed by atoms with van der Waals surface area (Å²) < 4.78 is 8.13. The van der Waals surface area contributed by atoms with E-state index in [9.17, 15) is 0 Å². The third kappa shape index (κ3) is 3.88. The van der Waals surface area contributed by atoms with Crippen molar-refractivity contribution in [2.24, 2.45) is 0 Å². The second kappa shape index (κ2) is 7.86. The molecule has 0 saturated carbocycles. The van der Waals surface area contributed by atoms with E-state index in [1.165, 1.54) is 11.3 Å². The molecule has 0 unspecified atom stereocenters. The van der Waals surface area contributed by atoms with Gasteiger partial charge in [-0.25, -0.2) is 4.98 Å². The van der Waals surface area contributed by atoms with E-state index in [0.717, 1.165) is 55.8 Å². The number of benzene rings is 2. The number of anilines is 1. The number of aryl methyl sites for hydroxylation is 2. The first kappa shape index (κ1) is 16.4. The van der Waals surface area contributed by atoms with Crippen molar-refractivity contribution in [3.63, 3.8) is 0 Å². The summed E-state index contributed by atoms with van der Waals surface area (Å²) in [5.41, 5.74) is 8.77. The molecule has 0 bridgehead atoms. The van der Waals surface area contributed by atoms with Crippen LogP contribution < -0.4 is 10.5 Å². The Kier molecular flexibility index (Phi) is 5.36. The predicted octanol–water partition coefficient (Wildman–Crippen LogP) is 4.43. The van der Waals surface area contributed by atoms with Gasteiger partial charge in [0.05, 0.1) is 17.6 Å². The van der Waals surface area contributed by atoms with Gasteiger partial charge in [-0.05, 0) is 55.7 Å². The normalized spacial score (nSPS) is 11.0. The average molecular weight is 323 g/mol. The highest BCUT2D eigenvalue weighted by atomic mass is 16.5. The summed E-state index contributed by atoms with van der Waals surface area (Å²) in [6, 6.07) is 15.9. The van der Waals surface area contributed by atoms with Crippen molar-refractivity contribution < 1.29 is 4.74 Å². The second-order valence-electron chi connectivity index (χ2n) is 6.04. The number of nitrogens with zero attached hydrogens (tertiary/aromatic N) is 2. The third-order valence-electron chi connectivity index (χ3n) is 4.13. The van der Waals surface area contributed by atoms with Crippen LogP contribution in [-0.4, -0.2) is 16.2 Å². The quantitative estimate of drug-likeness (QED) is 0.493. The average Bonchev–Trinajstić information content (AvgIpc) is 2.94. The summed E-state index contributed by atoms with van der Waals surface area (Å²) in [7, 11) is 0. The standard InChI is InChI=1S/C20H25N3O/c1-2-7-20-22-18-8-3-4-9-19(18)23(20)14-5-6-15-24-17-12-10-16(21)11-13-17/h3-4,8-13H,2,5-7,14-15,21H2,1H3. The van der Waals surface area contributed by atoms with Crippen LogP contribution in [0.3, 0.4) is 0 Å². The van der Waals surface area contributed by atoms with Crippen LogP contribution in [0.2, 0.25) is 0 Å². The molecule has 0 atom stereocenters. The van der Waals surface area contributed by atoms with Gasteiger partial charge in [-0.3, -0.25) is 0 Å². The molecule has 1 heterocycles. The Balaban J connectivity index is 1.55. The van der Waals surface area contributed by atoms with Gasteiger partial charge >= 0.3 is 0 Å². The highest BCUT2D eigenvalue weighted by Crippen LogP contribution is 2.18. The highest BCUT2D eigenvalue weighted by Gasteiger charge is 2.09. The van der Waals surface area contributed by atoms with E-state index in [2.05, 4.69) is 35.8 Å². The van der Waals surface area contributed by atoms with Crippen LogP contribution in [0, 0.1) is 0 Å². The number of nitrogen functional groups attached to an aromatic ring is 1. The van der Waals surface area contributed by atoms with Crippen LogP contribution in [0.1, 0.15) is 32.0 Å². The minimum absolute atomic E-state index is 0.722. The van der Waals surface area contributed by atoms with Gasteiger partial charge in [0.25, 0.3) is 0 Å². The summed E-state index contributed by atoms with van der Waals surface area (Å²) in [5.74, 6) is 2.07. The number of nitrogens with two attached hydrogens (primary N) is 1. The van der Waals surface area contributed by atoms with E-state index in [0.29, 0.717) is 0 Å². The van der Waals surface area contributed by atoms with Gasteiger partial charge in [0.2, 0.25) is 0 Å². The molecule has 0 aliphatic rings. The van der Waals surface area contributed by atoms with Gasteiger partial charge in [-0.2, -0.15) is 0 Å². The zero-order valence-corrected chi connectivity index (χ0v) is 14.2. The topological polar surface area (TPSA) is 53.1 Å². The van der Waals surface area contributed by atoms with Crippen LogP contribution in [0.15, 0.2) is 48.5 Å². The summed E-state index contributed by atoms with van der Waals surface area (Å²) in [6.07, 6.45) is 4.23. The van der Waals surface area contributed by atoms with Gasteiger partial charge in [0, 0.05) is 18.7 Å². The van der Waals surface area contributed by atoms with E-state index in [1.54, 1.807) is 0 Å². The van der Waals surface area contributed by atoms with Gasteiger partial charge in [0.1, 0.15) is 11.6 Å². The fourth-order valence-corrected chi connectivity index (χ4v) is 2.92. The maximum atomic E-state index is 5.77. The van der Waals surface area contributed by atoms with Crippen LogP contribution in [0.25, 0.3) is 11.0 Å². The number of fused-ring (bicyclic) bond motifs is 1. The smallest absolute Gasteiger partial charge is 0.119 e. The molecule has 0 saturated heterocycles. The molecule has 24 heavy (non-hydrogen) atoms. The second-order valence-corrected chi connectivity index (χ2v) is 6.04. The number of hydrogen-bond acceptors (Lipinski definition) is 3. The molecule has 2 N–H and O–H groups in total. The lowest BCUT2D eigenvalue weighted by Crippen LogP contribution is -2.06. The Morgan fingerprint density at radius 2 is 1.83 bits per heavy atom. The van der Waals surface area contributed by atoms with Crippen LogP contribution >= 0.6 is 0 Å². The zero-order chi connectivity index (χ0) is 16.8. The molecule has 0 radical (unpaired) electrons. The number of ether oxygens (including phenoxy) is 1. The summed E-state index contributed by atoms with van der Waals surface area (Å²) in [6.45, 7) is 3.91. The number of aromatic nitrogens is 2. The SMILES string of the molecule is CCCc1nc2ccccc2n1CCCCOc1ccc(N)cc1. The molecule has 3 rings (SSSR count). The molecule has 0 aliphatic heterocycles. The summed E-state index contributed by atoms with van der Waals surface area (Å²) in [4.78, 5) is 4.78. The Morgan fingerprint density at radius 3 is 2.62 bits per heavy atom. The largest absolute Gasteiger partial charge is 0.494 e. The number of unbranched alkanes of at least 4 members (excludes halogenated alkanes) is 1. The molecule has 0 aliphatic carbocycles. The molecule has 0 amide bonds. The van der Waals surface area contributed by atoms with Crippen LogP contribution in [0.5, 0.6) is 5.75 Å². The Morgan fingerprint density at radius 1 is 1.04 bits per heavy atom. The van der Waals surface area contributed by atoms with Crippen molar-refractivity contribution in [1.29, 1.82) is 0 Å². The lowest BCUT2D eigenvalue weighted by atomic mass is 10.2. The van der Waals surface area contributed by atoms with E-state index in [1.807, 2.05) is 24.3 Å². The molecule has 1 aromatic heterocycles. The third-order valence-corrected chi connectivity index (χ3v) is 4.13. The summed E-state index contributed by atoms with van der Waals surface area (Å²) in [5, 5.41) is 0. The number of hydrogen-bond donors (Lipinski definition) is 1. The molecule has 126 valence electrons. The Hall–Kier alpha value is -2.49. The van der Waals surface area contributed by atoms with Gasteiger partial charge in [0.15, 0.2) is 0 Å². The Bertz CT molecular complexity index is 777. The van der Waals surface area contributed by atoms with Crippen LogP contribution in [0.4, 0.5) is 5.69 Å². The van der Waals surface area contributed by atoms with Crippen molar-refractivity contribution >= 4 is 16.7 Å². The maximum Gasteiger partial charge on any atom is 0.119 e. The summed E-state index contributed by atoms with van der Waals surface area (Å²) >= 11 is 0. The minimum atomic E-state index is 0.722. The van der Waals surface area contributed by atoms with Crippen molar-refractivity contribution in [3.05, 3.63) is 54.4 Å². The first-order valence-corrected chi connectivity index (χ1v) is 8.70. The Labute approximate surface area is 143 Å². The number of imidazole rings is 1.